The summed E-state index contributed by atoms with van der Waals surface area (Å²) in [5, 5.41) is 0. The van der Waals surface area contributed by atoms with Crippen molar-refractivity contribution in [3.8, 4) is 0 Å². The SMILES string of the molecule is CC(=O)N1c2ccc(S(=O)(=O)NCCCOCC3CCCO3)cc2CC1C. The number of ether oxygens (including phenoxy) is 2. The van der Waals surface area contributed by atoms with Gasteiger partial charge < -0.3 is 14.4 Å². The molecule has 2 unspecified atom stereocenters. The molecule has 0 spiro atoms. The van der Waals surface area contributed by atoms with Crippen molar-refractivity contribution in [1.29, 1.82) is 0 Å². The third kappa shape index (κ3) is 4.87. The molecule has 1 aromatic rings. The molecule has 150 valence electrons. The lowest BCUT2D eigenvalue weighted by Gasteiger charge is -2.20. The van der Waals surface area contributed by atoms with Crippen LogP contribution in [0.1, 0.15) is 38.7 Å². The van der Waals surface area contributed by atoms with Crippen LogP contribution >= 0.6 is 0 Å². The molecule has 2 aliphatic heterocycles. The van der Waals surface area contributed by atoms with Crippen molar-refractivity contribution in [2.24, 2.45) is 0 Å². The minimum atomic E-state index is -3.57. The fourth-order valence-corrected chi connectivity index (χ4v) is 4.83. The maximum atomic E-state index is 12.5. The van der Waals surface area contributed by atoms with Gasteiger partial charge in [0, 0.05) is 38.4 Å². The molecule has 2 atom stereocenters. The fourth-order valence-electron chi connectivity index (χ4n) is 3.71. The molecule has 8 heteroatoms. The smallest absolute Gasteiger partial charge is 0.240 e. The zero-order chi connectivity index (χ0) is 19.4. The van der Waals surface area contributed by atoms with E-state index in [0.717, 1.165) is 30.7 Å². The summed E-state index contributed by atoms with van der Waals surface area (Å²) >= 11 is 0. The van der Waals surface area contributed by atoms with Gasteiger partial charge in [-0.1, -0.05) is 0 Å². The van der Waals surface area contributed by atoms with Crippen molar-refractivity contribution >= 4 is 21.6 Å². The lowest BCUT2D eigenvalue weighted by atomic mass is 10.1. The standard InChI is InChI=1S/C19H28N2O5S/c1-14-11-16-12-18(6-7-19(16)21(14)15(2)22)27(23,24)20-8-4-9-25-13-17-5-3-10-26-17/h6-7,12,14,17,20H,3-5,8-11,13H2,1-2H3. The van der Waals surface area contributed by atoms with E-state index in [2.05, 4.69) is 4.72 Å². The number of rotatable bonds is 8. The van der Waals surface area contributed by atoms with E-state index >= 15 is 0 Å². The highest BCUT2D eigenvalue weighted by Gasteiger charge is 2.30. The molecule has 3 rings (SSSR count). The second-order valence-electron chi connectivity index (χ2n) is 7.19. The van der Waals surface area contributed by atoms with Gasteiger partial charge in [-0.25, -0.2) is 13.1 Å². The van der Waals surface area contributed by atoms with Gasteiger partial charge in [0.2, 0.25) is 15.9 Å². The molecule has 0 aromatic heterocycles. The highest BCUT2D eigenvalue weighted by atomic mass is 32.2. The average Bonchev–Trinajstić information content (AvgIpc) is 3.23. The first-order valence-corrected chi connectivity index (χ1v) is 11.0. The molecule has 1 N–H and O–H groups in total. The van der Waals surface area contributed by atoms with Gasteiger partial charge in [0.1, 0.15) is 0 Å². The van der Waals surface area contributed by atoms with Gasteiger partial charge in [0.25, 0.3) is 0 Å². The maximum absolute atomic E-state index is 12.5. The van der Waals surface area contributed by atoms with E-state index in [0.29, 0.717) is 32.6 Å². The predicted octanol–water partition coefficient (Wildman–Crippen LogP) is 1.85. The number of benzene rings is 1. The van der Waals surface area contributed by atoms with Gasteiger partial charge in [-0.15, -0.1) is 0 Å². The highest BCUT2D eigenvalue weighted by molar-refractivity contribution is 7.89. The van der Waals surface area contributed by atoms with E-state index in [1.807, 2.05) is 6.92 Å². The molecule has 0 aliphatic carbocycles. The number of amides is 1. The molecule has 1 amide bonds. The van der Waals surface area contributed by atoms with Crippen molar-refractivity contribution in [2.45, 2.75) is 56.6 Å². The van der Waals surface area contributed by atoms with Crippen molar-refractivity contribution in [3.05, 3.63) is 23.8 Å². The second kappa shape index (κ2) is 8.68. The Labute approximate surface area is 161 Å². The quantitative estimate of drug-likeness (QED) is 0.678. The maximum Gasteiger partial charge on any atom is 0.240 e. The van der Waals surface area contributed by atoms with Crippen LogP contribution in [0.3, 0.4) is 0 Å². The molecular formula is C19H28N2O5S. The van der Waals surface area contributed by atoms with Crippen molar-refractivity contribution in [3.63, 3.8) is 0 Å². The normalized spacial score (nSPS) is 22.2. The monoisotopic (exact) mass is 396 g/mol. The zero-order valence-corrected chi connectivity index (χ0v) is 16.8. The highest BCUT2D eigenvalue weighted by Crippen LogP contribution is 2.33. The van der Waals surface area contributed by atoms with Gasteiger partial charge >= 0.3 is 0 Å². The number of nitrogens with one attached hydrogen (secondary N) is 1. The molecule has 7 nitrogen and oxygen atoms in total. The Balaban J connectivity index is 1.50. The number of hydrogen-bond donors (Lipinski definition) is 1. The number of carbonyl (C=O) groups is 1. The Morgan fingerprint density at radius 2 is 2.22 bits per heavy atom. The zero-order valence-electron chi connectivity index (χ0n) is 15.9. The second-order valence-corrected chi connectivity index (χ2v) is 8.96. The number of fused-ring (bicyclic) bond motifs is 1. The summed E-state index contributed by atoms with van der Waals surface area (Å²) < 4.78 is 38.7. The van der Waals surface area contributed by atoms with Gasteiger partial charge in [0.05, 0.1) is 17.6 Å². The molecule has 0 radical (unpaired) electrons. The van der Waals surface area contributed by atoms with E-state index in [1.165, 1.54) is 6.92 Å². The number of nitrogens with zero attached hydrogens (tertiary/aromatic N) is 1. The Morgan fingerprint density at radius 1 is 1.41 bits per heavy atom. The summed E-state index contributed by atoms with van der Waals surface area (Å²) in [5.41, 5.74) is 1.69. The largest absolute Gasteiger partial charge is 0.379 e. The minimum Gasteiger partial charge on any atom is -0.379 e. The topological polar surface area (TPSA) is 84.9 Å². The molecule has 2 heterocycles. The van der Waals surface area contributed by atoms with E-state index in [4.69, 9.17) is 9.47 Å². The summed E-state index contributed by atoms with van der Waals surface area (Å²) in [7, 11) is -3.57. The van der Waals surface area contributed by atoms with Gasteiger partial charge in [0.15, 0.2) is 0 Å². The van der Waals surface area contributed by atoms with Crippen LogP contribution < -0.4 is 9.62 Å². The lowest BCUT2D eigenvalue weighted by molar-refractivity contribution is -0.116. The minimum absolute atomic E-state index is 0.0296. The van der Waals surface area contributed by atoms with Crippen molar-refractivity contribution in [1.82, 2.24) is 4.72 Å². The summed E-state index contributed by atoms with van der Waals surface area (Å²) in [4.78, 5) is 13.7. The van der Waals surface area contributed by atoms with Gasteiger partial charge in [-0.2, -0.15) is 0 Å². The molecular weight excluding hydrogens is 368 g/mol. The third-order valence-corrected chi connectivity index (χ3v) is 6.46. The molecule has 0 saturated carbocycles. The van der Waals surface area contributed by atoms with E-state index in [-0.39, 0.29) is 22.9 Å². The summed E-state index contributed by atoms with van der Waals surface area (Å²) in [6, 6.07) is 5.00. The molecule has 27 heavy (non-hydrogen) atoms. The van der Waals surface area contributed by atoms with Crippen LogP contribution in [-0.4, -0.2) is 52.8 Å². The van der Waals surface area contributed by atoms with E-state index in [1.54, 1.807) is 23.1 Å². The van der Waals surface area contributed by atoms with Crippen LogP contribution in [0, 0.1) is 0 Å². The lowest BCUT2D eigenvalue weighted by Crippen LogP contribution is -2.33. The average molecular weight is 397 g/mol. The Morgan fingerprint density at radius 3 is 2.93 bits per heavy atom. The third-order valence-electron chi connectivity index (χ3n) is 5.00. The van der Waals surface area contributed by atoms with E-state index in [9.17, 15) is 13.2 Å². The van der Waals surface area contributed by atoms with Crippen LogP contribution in [-0.2, 0) is 30.7 Å². The number of hydrogen-bond acceptors (Lipinski definition) is 5. The Kier molecular flexibility index (Phi) is 6.52. The first kappa shape index (κ1) is 20.3. The Hall–Kier alpha value is -1.48. The number of sulfonamides is 1. The van der Waals surface area contributed by atoms with Crippen molar-refractivity contribution < 1.29 is 22.7 Å². The molecule has 1 fully saturated rings. The van der Waals surface area contributed by atoms with E-state index < -0.39 is 10.0 Å². The first-order valence-electron chi connectivity index (χ1n) is 9.50. The first-order chi connectivity index (χ1) is 12.9. The summed E-state index contributed by atoms with van der Waals surface area (Å²) in [5.74, 6) is -0.0296. The molecule has 1 saturated heterocycles. The summed E-state index contributed by atoms with van der Waals surface area (Å²) in [6.45, 7) is 5.68. The van der Waals surface area contributed by atoms with Gasteiger partial charge in [-0.05, 0) is 56.4 Å². The van der Waals surface area contributed by atoms with Crippen LogP contribution in [0.2, 0.25) is 0 Å². The predicted molar refractivity (Wildman–Crippen MR) is 102 cm³/mol. The summed E-state index contributed by atoms with van der Waals surface area (Å²) in [6.07, 6.45) is 3.56. The van der Waals surface area contributed by atoms with Crippen LogP contribution in [0.25, 0.3) is 0 Å². The molecule has 1 aromatic carbocycles. The van der Waals surface area contributed by atoms with Crippen molar-refractivity contribution in [2.75, 3.05) is 31.3 Å². The molecule has 0 bridgehead atoms. The fraction of sp³-hybridized carbons (Fsp3) is 0.632. The molecule has 2 aliphatic rings. The number of carbonyl (C=O) groups excluding carboxylic acids is 1. The number of anilines is 1. The Bertz CT molecular complexity index is 774. The van der Waals surface area contributed by atoms with Crippen LogP contribution in [0.5, 0.6) is 0 Å². The van der Waals surface area contributed by atoms with Gasteiger partial charge in [-0.3, -0.25) is 4.79 Å². The van der Waals surface area contributed by atoms with Crippen LogP contribution in [0.15, 0.2) is 23.1 Å². The van der Waals surface area contributed by atoms with Crippen LogP contribution in [0.4, 0.5) is 5.69 Å².